The Bertz CT molecular complexity index is 1280. The van der Waals surface area contributed by atoms with Crippen molar-refractivity contribution in [2.24, 2.45) is 0 Å². The van der Waals surface area contributed by atoms with Gasteiger partial charge in [0.25, 0.3) is 0 Å². The number of benzene rings is 3. The molecular formula is C24H17Cl3N2O4S. The SMILES string of the molecule is O=C(O)c1ccc2c(c1)N(C(=O)CSc1ccc(Cl)cc1)CC(=O)N2Cc1ccc(Cl)cc1Cl. The zero-order chi connectivity index (χ0) is 24.4. The molecule has 10 heteroatoms. The second-order valence-corrected chi connectivity index (χ2v) is 9.78. The maximum absolute atomic E-state index is 13.1. The maximum Gasteiger partial charge on any atom is 0.335 e. The van der Waals surface area contributed by atoms with Crippen LogP contribution in [0, 0.1) is 0 Å². The van der Waals surface area contributed by atoms with E-state index in [0.29, 0.717) is 32.0 Å². The lowest BCUT2D eigenvalue weighted by Crippen LogP contribution is -2.48. The average Bonchev–Trinajstić information content (AvgIpc) is 2.81. The number of amides is 2. The van der Waals surface area contributed by atoms with E-state index < -0.39 is 5.97 Å². The van der Waals surface area contributed by atoms with Gasteiger partial charge in [-0.2, -0.15) is 0 Å². The van der Waals surface area contributed by atoms with E-state index in [0.717, 1.165) is 4.90 Å². The first-order valence-corrected chi connectivity index (χ1v) is 12.2. The quantitative estimate of drug-likeness (QED) is 0.391. The predicted octanol–water partition coefficient (Wildman–Crippen LogP) is 6.02. The summed E-state index contributed by atoms with van der Waals surface area (Å²) in [7, 11) is 0. The highest BCUT2D eigenvalue weighted by molar-refractivity contribution is 8.00. The van der Waals surface area contributed by atoms with Gasteiger partial charge in [0.2, 0.25) is 11.8 Å². The molecule has 0 saturated heterocycles. The molecule has 34 heavy (non-hydrogen) atoms. The lowest BCUT2D eigenvalue weighted by atomic mass is 10.1. The molecule has 0 saturated carbocycles. The first kappa shape index (κ1) is 24.4. The highest BCUT2D eigenvalue weighted by Crippen LogP contribution is 2.37. The van der Waals surface area contributed by atoms with Crippen LogP contribution < -0.4 is 9.80 Å². The second-order valence-electron chi connectivity index (χ2n) is 7.45. The van der Waals surface area contributed by atoms with Crippen molar-refractivity contribution in [3.8, 4) is 0 Å². The monoisotopic (exact) mass is 534 g/mol. The van der Waals surface area contributed by atoms with Crippen LogP contribution in [0.4, 0.5) is 11.4 Å². The molecule has 0 aliphatic carbocycles. The standard InChI is InChI=1S/C24H17Cl3N2O4S/c25-16-4-6-18(7-5-16)34-13-23(31)29-12-22(30)28(11-15-1-3-17(26)10-19(15)27)20-8-2-14(24(32)33)9-21(20)29/h1-10H,11-13H2,(H,32,33). The smallest absolute Gasteiger partial charge is 0.335 e. The number of aromatic carboxylic acids is 1. The summed E-state index contributed by atoms with van der Waals surface area (Å²) >= 11 is 19.5. The highest BCUT2D eigenvalue weighted by atomic mass is 35.5. The molecule has 0 atom stereocenters. The number of thioether (sulfide) groups is 1. The minimum Gasteiger partial charge on any atom is -0.478 e. The number of anilines is 2. The van der Waals surface area contributed by atoms with E-state index in [1.807, 2.05) is 0 Å². The fraction of sp³-hybridized carbons (Fsp3) is 0.125. The van der Waals surface area contributed by atoms with Crippen molar-refractivity contribution >= 4 is 75.7 Å². The summed E-state index contributed by atoms with van der Waals surface area (Å²) in [4.78, 5) is 41.5. The number of carboxylic acids is 1. The minimum atomic E-state index is -1.13. The number of hydrogen-bond donors (Lipinski definition) is 1. The van der Waals surface area contributed by atoms with E-state index in [1.54, 1.807) is 42.5 Å². The normalized spacial score (nSPS) is 13.1. The summed E-state index contributed by atoms with van der Waals surface area (Å²) < 4.78 is 0. The molecule has 0 unspecified atom stereocenters. The summed E-state index contributed by atoms with van der Waals surface area (Å²) in [6.07, 6.45) is 0. The lowest BCUT2D eigenvalue weighted by Gasteiger charge is -2.36. The molecule has 174 valence electrons. The number of carbonyl (C=O) groups is 3. The van der Waals surface area contributed by atoms with Gasteiger partial charge in [-0.25, -0.2) is 4.79 Å². The van der Waals surface area contributed by atoms with Gasteiger partial charge >= 0.3 is 5.97 Å². The Balaban J connectivity index is 1.64. The van der Waals surface area contributed by atoms with Crippen molar-refractivity contribution in [3.05, 3.63) is 86.9 Å². The number of nitrogens with zero attached hydrogens (tertiary/aromatic N) is 2. The van der Waals surface area contributed by atoms with E-state index in [4.69, 9.17) is 34.8 Å². The number of rotatable bonds is 6. The van der Waals surface area contributed by atoms with Gasteiger partial charge < -0.3 is 14.9 Å². The Kier molecular flexibility index (Phi) is 7.38. The lowest BCUT2D eigenvalue weighted by molar-refractivity contribution is -0.121. The Hall–Kier alpha value is -2.71. The fourth-order valence-corrected chi connectivity index (χ4v) is 4.88. The van der Waals surface area contributed by atoms with E-state index in [1.165, 1.54) is 39.8 Å². The second kappa shape index (κ2) is 10.3. The number of halogens is 3. The van der Waals surface area contributed by atoms with Gasteiger partial charge in [-0.1, -0.05) is 40.9 Å². The van der Waals surface area contributed by atoms with Crippen LogP contribution in [0.2, 0.25) is 15.1 Å². The third-order valence-corrected chi connectivity index (χ3v) is 7.05. The van der Waals surface area contributed by atoms with E-state index in [9.17, 15) is 19.5 Å². The van der Waals surface area contributed by atoms with Gasteiger partial charge in [-0.15, -0.1) is 11.8 Å². The van der Waals surface area contributed by atoms with Gasteiger partial charge in [0.1, 0.15) is 6.54 Å². The first-order chi connectivity index (χ1) is 16.2. The highest BCUT2D eigenvalue weighted by Gasteiger charge is 2.33. The molecule has 0 bridgehead atoms. The molecule has 1 aliphatic heterocycles. The van der Waals surface area contributed by atoms with Crippen LogP contribution in [-0.2, 0) is 16.1 Å². The largest absolute Gasteiger partial charge is 0.478 e. The Morgan fingerprint density at radius 2 is 1.62 bits per heavy atom. The summed E-state index contributed by atoms with van der Waals surface area (Å²) in [5.74, 6) is -1.70. The predicted molar refractivity (Wildman–Crippen MR) is 136 cm³/mol. The minimum absolute atomic E-state index is 0.0146. The Labute approximate surface area is 215 Å². The summed E-state index contributed by atoms with van der Waals surface area (Å²) in [6, 6.07) is 16.4. The number of carbonyl (C=O) groups excluding carboxylic acids is 2. The number of carboxylic acid groups (broad SMARTS) is 1. The summed E-state index contributed by atoms with van der Waals surface area (Å²) in [6.45, 7) is -0.0723. The first-order valence-electron chi connectivity index (χ1n) is 10.0. The van der Waals surface area contributed by atoms with Crippen LogP contribution in [-0.4, -0.2) is 35.2 Å². The number of hydrogen-bond acceptors (Lipinski definition) is 4. The van der Waals surface area contributed by atoms with Crippen molar-refractivity contribution < 1.29 is 19.5 Å². The fourth-order valence-electron chi connectivity index (χ4n) is 3.51. The van der Waals surface area contributed by atoms with Gasteiger partial charge in [-0.3, -0.25) is 9.59 Å². The summed E-state index contributed by atoms with van der Waals surface area (Å²) in [5.41, 5.74) is 1.47. The molecule has 0 spiro atoms. The van der Waals surface area contributed by atoms with Gasteiger partial charge in [0.15, 0.2) is 0 Å². The van der Waals surface area contributed by atoms with Crippen LogP contribution in [0.15, 0.2) is 65.6 Å². The molecule has 0 radical (unpaired) electrons. The molecule has 1 aliphatic rings. The van der Waals surface area contributed by atoms with E-state index >= 15 is 0 Å². The molecule has 2 amide bonds. The zero-order valence-corrected chi connectivity index (χ0v) is 20.6. The van der Waals surface area contributed by atoms with Crippen LogP contribution in [0.1, 0.15) is 15.9 Å². The molecule has 4 rings (SSSR count). The van der Waals surface area contributed by atoms with Gasteiger partial charge in [0.05, 0.1) is 29.2 Å². The molecule has 3 aromatic rings. The van der Waals surface area contributed by atoms with Crippen molar-refractivity contribution in [2.75, 3.05) is 22.1 Å². The van der Waals surface area contributed by atoms with Crippen molar-refractivity contribution in [1.29, 1.82) is 0 Å². The maximum atomic E-state index is 13.1. The summed E-state index contributed by atoms with van der Waals surface area (Å²) in [5, 5.41) is 10.9. The van der Waals surface area contributed by atoms with Crippen LogP contribution in [0.25, 0.3) is 0 Å². The van der Waals surface area contributed by atoms with Crippen molar-refractivity contribution in [1.82, 2.24) is 0 Å². The Morgan fingerprint density at radius 1 is 0.912 bits per heavy atom. The third kappa shape index (κ3) is 5.33. The van der Waals surface area contributed by atoms with E-state index in [2.05, 4.69) is 0 Å². The van der Waals surface area contributed by atoms with Crippen LogP contribution >= 0.6 is 46.6 Å². The molecule has 6 nitrogen and oxygen atoms in total. The van der Waals surface area contributed by atoms with Crippen molar-refractivity contribution in [3.63, 3.8) is 0 Å². The Morgan fingerprint density at radius 3 is 2.29 bits per heavy atom. The van der Waals surface area contributed by atoms with Gasteiger partial charge in [0, 0.05) is 20.0 Å². The molecule has 1 N–H and O–H groups in total. The molecule has 3 aromatic carbocycles. The molecule has 1 heterocycles. The average molecular weight is 536 g/mol. The van der Waals surface area contributed by atoms with Crippen LogP contribution in [0.5, 0.6) is 0 Å². The van der Waals surface area contributed by atoms with Crippen LogP contribution in [0.3, 0.4) is 0 Å². The van der Waals surface area contributed by atoms with Gasteiger partial charge in [-0.05, 0) is 60.2 Å². The van der Waals surface area contributed by atoms with E-state index in [-0.39, 0.29) is 36.2 Å². The molecular weight excluding hydrogens is 519 g/mol. The topological polar surface area (TPSA) is 77.9 Å². The zero-order valence-electron chi connectivity index (χ0n) is 17.5. The van der Waals surface area contributed by atoms with Crippen molar-refractivity contribution in [2.45, 2.75) is 11.4 Å². The molecule has 0 aromatic heterocycles. The number of fused-ring (bicyclic) bond motifs is 1. The molecule has 0 fully saturated rings. The third-order valence-electron chi connectivity index (χ3n) is 5.22.